The highest BCUT2D eigenvalue weighted by molar-refractivity contribution is 6.00. The number of anilines is 1. The summed E-state index contributed by atoms with van der Waals surface area (Å²) in [6.07, 6.45) is 0.973. The smallest absolute Gasteiger partial charge is 0.340 e. The Hall–Kier alpha value is -2.11. The molecule has 16 heavy (non-hydrogen) atoms. The zero-order valence-corrected chi connectivity index (χ0v) is 8.32. The molecule has 5 nitrogen and oxygen atoms in total. The molecule has 84 valence electrons. The maximum absolute atomic E-state index is 14.0. The number of aromatic nitrogens is 2. The van der Waals surface area contributed by atoms with Crippen LogP contribution in [0.1, 0.15) is 14.5 Å². The number of methoxy groups -OCH3 is 1. The van der Waals surface area contributed by atoms with E-state index in [4.69, 9.17) is 9.85 Å². The number of ether oxygens (including phenoxy) is 1. The molecule has 0 aliphatic heterocycles. The summed E-state index contributed by atoms with van der Waals surface area (Å²) in [5.41, 5.74) is 4.56. The lowest BCUT2D eigenvalue weighted by Gasteiger charge is -2.05. The van der Waals surface area contributed by atoms with Gasteiger partial charge in [-0.2, -0.15) is 0 Å². The second-order valence-electron chi connectivity index (χ2n) is 3.13. The first-order chi connectivity index (χ1) is 8.77. The summed E-state index contributed by atoms with van der Waals surface area (Å²) in [5.74, 6) is -1.79. The highest BCUT2D eigenvalue weighted by Crippen LogP contribution is 2.25. The molecule has 1 aromatic heterocycles. The van der Waals surface area contributed by atoms with Gasteiger partial charge >= 0.3 is 5.97 Å². The van der Waals surface area contributed by atoms with Crippen LogP contribution in [0.5, 0.6) is 0 Å². The van der Waals surface area contributed by atoms with Gasteiger partial charge in [0.2, 0.25) is 0 Å². The van der Waals surface area contributed by atoms with Gasteiger partial charge in [-0.3, -0.25) is 0 Å². The summed E-state index contributed by atoms with van der Waals surface area (Å²) in [4.78, 5) is 15.1. The molecule has 0 atom stereocenters. The number of rotatable bonds is 1. The van der Waals surface area contributed by atoms with Crippen LogP contribution in [-0.2, 0) is 11.7 Å². The number of nitrogen functional groups attached to an aromatic ring is 1. The second-order valence-corrected chi connectivity index (χ2v) is 3.13. The van der Waals surface area contributed by atoms with E-state index in [2.05, 4.69) is 9.72 Å². The Morgan fingerprint density at radius 3 is 3.12 bits per heavy atom. The minimum absolute atomic E-state index is 0.0490. The van der Waals surface area contributed by atoms with Gasteiger partial charge in [0, 0.05) is 11.1 Å². The van der Waals surface area contributed by atoms with Crippen molar-refractivity contribution in [1.29, 1.82) is 0 Å². The number of imidazole rings is 1. The van der Waals surface area contributed by atoms with Gasteiger partial charge in [-0.15, -0.1) is 0 Å². The summed E-state index contributed by atoms with van der Waals surface area (Å²) in [6, 6.07) is 1.15. The Kier molecular flexibility index (Phi) is 1.57. The molecule has 0 unspecified atom stereocenters. The Morgan fingerprint density at radius 1 is 1.75 bits per heavy atom. The lowest BCUT2D eigenvalue weighted by Crippen LogP contribution is -2.08. The quantitative estimate of drug-likeness (QED) is 0.583. The first-order valence-electron chi connectivity index (χ1n) is 5.81. The molecule has 2 rings (SSSR count). The third-order valence-electron chi connectivity index (χ3n) is 2.23. The van der Waals surface area contributed by atoms with Crippen LogP contribution in [0.3, 0.4) is 0 Å². The number of nitrogens with zero attached hydrogens (tertiary/aromatic N) is 2. The first-order valence-corrected chi connectivity index (χ1v) is 4.31. The number of hydrogen-bond acceptors (Lipinski definition) is 4. The van der Waals surface area contributed by atoms with Crippen molar-refractivity contribution in [2.45, 2.75) is 0 Å². The van der Waals surface area contributed by atoms with E-state index in [9.17, 15) is 9.18 Å². The van der Waals surface area contributed by atoms with Crippen molar-refractivity contribution in [3.63, 3.8) is 0 Å². The van der Waals surface area contributed by atoms with Crippen molar-refractivity contribution in [2.24, 2.45) is 6.98 Å². The lowest BCUT2D eigenvalue weighted by atomic mass is 10.1. The van der Waals surface area contributed by atoms with E-state index < -0.39 is 24.4 Å². The van der Waals surface area contributed by atoms with Crippen molar-refractivity contribution in [1.82, 2.24) is 9.55 Å². The van der Waals surface area contributed by atoms with Gasteiger partial charge in [0.05, 0.1) is 30.2 Å². The van der Waals surface area contributed by atoms with Gasteiger partial charge in [-0.05, 0) is 6.07 Å². The molecular weight excluding hydrogens is 213 g/mol. The normalized spacial score (nSPS) is 14.2. The average Bonchev–Trinajstić information content (AvgIpc) is 2.76. The lowest BCUT2D eigenvalue weighted by molar-refractivity contribution is 0.0601. The SMILES string of the molecule is [2H]C([2H])([2H])n1cnc2c(F)c(N)c(C(=O)OC)cc21. The van der Waals surface area contributed by atoms with Crippen molar-refractivity contribution < 1.29 is 18.0 Å². The maximum atomic E-state index is 14.0. The van der Waals surface area contributed by atoms with E-state index in [0.29, 0.717) is 0 Å². The van der Waals surface area contributed by atoms with Crippen LogP contribution in [0.15, 0.2) is 12.4 Å². The highest BCUT2D eigenvalue weighted by atomic mass is 19.1. The minimum Gasteiger partial charge on any atom is -0.465 e. The number of nitrogens with two attached hydrogens (primary N) is 1. The summed E-state index contributed by atoms with van der Waals surface area (Å²) in [5, 5.41) is 0. The zero-order chi connectivity index (χ0) is 14.4. The molecule has 0 aliphatic rings. The Bertz CT molecular complexity index is 666. The molecule has 2 aromatic rings. The van der Waals surface area contributed by atoms with Gasteiger partial charge in [-0.25, -0.2) is 14.2 Å². The van der Waals surface area contributed by atoms with Gasteiger partial charge < -0.3 is 15.0 Å². The molecule has 0 aliphatic carbocycles. The summed E-state index contributed by atoms with van der Waals surface area (Å²) >= 11 is 0. The second kappa shape index (κ2) is 3.48. The summed E-state index contributed by atoms with van der Waals surface area (Å²) in [6.45, 7) is -2.54. The van der Waals surface area contributed by atoms with Gasteiger partial charge in [0.1, 0.15) is 5.52 Å². The third-order valence-corrected chi connectivity index (χ3v) is 2.23. The largest absolute Gasteiger partial charge is 0.465 e. The predicted molar refractivity (Wildman–Crippen MR) is 56.4 cm³/mol. The zero-order valence-electron chi connectivity index (χ0n) is 11.3. The summed E-state index contributed by atoms with van der Waals surface area (Å²) < 4.78 is 41.1. The first kappa shape index (κ1) is 7.21. The molecule has 0 radical (unpaired) electrons. The fourth-order valence-electron chi connectivity index (χ4n) is 1.40. The topological polar surface area (TPSA) is 70.1 Å². The molecule has 1 heterocycles. The highest BCUT2D eigenvalue weighted by Gasteiger charge is 2.19. The molecular formula is C10H10FN3O2. The van der Waals surface area contributed by atoms with Crippen LogP contribution >= 0.6 is 0 Å². The molecule has 0 bridgehead atoms. The Labute approximate surface area is 94.8 Å². The van der Waals surface area contributed by atoms with Crippen LogP contribution in [0.25, 0.3) is 11.0 Å². The molecule has 0 fully saturated rings. The van der Waals surface area contributed by atoms with Crippen molar-refractivity contribution in [3.05, 3.63) is 23.8 Å². The fourth-order valence-corrected chi connectivity index (χ4v) is 1.40. The number of hydrogen-bond donors (Lipinski definition) is 1. The molecule has 2 N–H and O–H groups in total. The maximum Gasteiger partial charge on any atom is 0.340 e. The monoisotopic (exact) mass is 226 g/mol. The average molecular weight is 226 g/mol. The number of fused-ring (bicyclic) bond motifs is 1. The number of benzene rings is 1. The van der Waals surface area contributed by atoms with Crippen molar-refractivity contribution >= 4 is 22.7 Å². The molecule has 6 heteroatoms. The number of carbonyl (C=O) groups excluding carboxylic acids is 1. The predicted octanol–water partition coefficient (Wildman–Crippen LogP) is 1.08. The Balaban J connectivity index is 2.82. The minimum atomic E-state index is -2.54. The number of carbonyl (C=O) groups is 1. The van der Waals surface area contributed by atoms with Crippen LogP contribution in [0, 0.1) is 5.82 Å². The van der Waals surface area contributed by atoms with Crippen LogP contribution < -0.4 is 5.73 Å². The van der Waals surface area contributed by atoms with Crippen LogP contribution in [0.2, 0.25) is 0 Å². The van der Waals surface area contributed by atoms with E-state index >= 15 is 0 Å². The number of esters is 1. The summed E-state index contributed by atoms with van der Waals surface area (Å²) in [7, 11) is 1.12. The van der Waals surface area contributed by atoms with E-state index in [1.165, 1.54) is 0 Å². The van der Waals surface area contributed by atoms with Crippen LogP contribution in [0.4, 0.5) is 10.1 Å². The Morgan fingerprint density at radius 2 is 2.50 bits per heavy atom. The molecule has 0 spiro atoms. The van der Waals surface area contributed by atoms with E-state index in [1.807, 2.05) is 0 Å². The van der Waals surface area contributed by atoms with Gasteiger partial charge in [0.25, 0.3) is 0 Å². The molecule has 0 saturated carbocycles. The molecule has 1 aromatic carbocycles. The van der Waals surface area contributed by atoms with Gasteiger partial charge in [0.15, 0.2) is 5.82 Å². The molecule has 0 amide bonds. The fraction of sp³-hybridized carbons (Fsp3) is 0.200. The van der Waals surface area contributed by atoms with Crippen molar-refractivity contribution in [2.75, 3.05) is 12.8 Å². The van der Waals surface area contributed by atoms with Crippen LogP contribution in [-0.4, -0.2) is 22.6 Å². The molecule has 0 saturated heterocycles. The number of aryl methyl sites for hydroxylation is 1. The van der Waals surface area contributed by atoms with Gasteiger partial charge in [-0.1, -0.05) is 0 Å². The standard InChI is InChI=1S/C10H10FN3O2/c1-14-4-13-9-6(14)3-5(10(15)16-2)8(12)7(9)11/h3-4H,12H2,1-2H3/i1D3. The van der Waals surface area contributed by atoms with E-state index in [-0.39, 0.29) is 16.6 Å². The third kappa shape index (κ3) is 1.30. The van der Waals surface area contributed by atoms with E-state index in [0.717, 1.165) is 24.1 Å². The number of halogens is 1. The van der Waals surface area contributed by atoms with E-state index in [1.54, 1.807) is 0 Å². The van der Waals surface area contributed by atoms with Crippen molar-refractivity contribution in [3.8, 4) is 0 Å².